The lowest BCUT2D eigenvalue weighted by molar-refractivity contribution is 0.888. The lowest BCUT2D eigenvalue weighted by atomic mass is 9.90. The van der Waals surface area contributed by atoms with Gasteiger partial charge in [0, 0.05) is 10.6 Å². The molecule has 3 nitrogen and oxygen atoms in total. The maximum absolute atomic E-state index is 12.6. The number of unbranched alkanes of at least 4 members (excludes halogenated alkanes) is 1. The first-order chi connectivity index (χ1) is 11.3. The summed E-state index contributed by atoms with van der Waals surface area (Å²) < 4.78 is 0. The molecule has 23 heavy (non-hydrogen) atoms. The van der Waals surface area contributed by atoms with Crippen molar-refractivity contribution >= 4 is 33.3 Å². The molecule has 4 rings (SSSR count). The summed E-state index contributed by atoms with van der Waals surface area (Å²) in [6.07, 6.45) is 4.23. The second kappa shape index (κ2) is 6.13. The van der Waals surface area contributed by atoms with Crippen molar-refractivity contribution in [3.63, 3.8) is 0 Å². The third-order valence-corrected chi connectivity index (χ3v) is 6.40. The minimum Gasteiger partial charge on any atom is -0.301 e. The molecule has 2 aromatic heterocycles. The fourth-order valence-electron chi connectivity index (χ4n) is 3.10. The molecule has 1 aromatic carbocycles. The maximum atomic E-state index is 12.6. The smallest absolute Gasteiger partial charge is 0.260 e. The van der Waals surface area contributed by atoms with Crippen LogP contribution in [0.15, 0.2) is 34.2 Å². The molecule has 0 radical (unpaired) electrons. The van der Waals surface area contributed by atoms with E-state index >= 15 is 0 Å². The van der Waals surface area contributed by atoms with Gasteiger partial charge in [0.1, 0.15) is 4.83 Å². The maximum Gasteiger partial charge on any atom is 0.260 e. The number of H-pyrrole nitrogens is 1. The van der Waals surface area contributed by atoms with Crippen LogP contribution in [0.5, 0.6) is 0 Å². The summed E-state index contributed by atoms with van der Waals surface area (Å²) in [7, 11) is 0. The van der Waals surface area contributed by atoms with Gasteiger partial charge in [0.2, 0.25) is 0 Å². The van der Waals surface area contributed by atoms with E-state index in [0.29, 0.717) is 0 Å². The Morgan fingerprint density at radius 2 is 2.17 bits per heavy atom. The van der Waals surface area contributed by atoms with E-state index in [1.807, 2.05) is 0 Å². The van der Waals surface area contributed by atoms with Gasteiger partial charge < -0.3 is 4.98 Å². The van der Waals surface area contributed by atoms with Crippen LogP contribution in [-0.4, -0.2) is 15.7 Å². The third kappa shape index (κ3) is 2.62. The molecule has 2 heterocycles. The Kier molecular flexibility index (Phi) is 3.99. The second-order valence-electron chi connectivity index (χ2n) is 5.82. The van der Waals surface area contributed by atoms with Gasteiger partial charge >= 0.3 is 0 Å². The molecule has 3 aromatic rings. The van der Waals surface area contributed by atoms with Gasteiger partial charge in [-0.2, -0.15) is 0 Å². The highest BCUT2D eigenvalue weighted by Gasteiger charge is 2.23. The summed E-state index contributed by atoms with van der Waals surface area (Å²) in [4.78, 5) is 22.4. The topological polar surface area (TPSA) is 45.8 Å². The summed E-state index contributed by atoms with van der Waals surface area (Å²) in [5, 5.41) is 1.56. The fraction of sp³-hybridized carbons (Fsp3) is 0.333. The quantitative estimate of drug-likeness (QED) is 0.427. The largest absolute Gasteiger partial charge is 0.301 e. The van der Waals surface area contributed by atoms with Crippen LogP contribution in [0.1, 0.15) is 30.9 Å². The highest BCUT2D eigenvalue weighted by molar-refractivity contribution is 7.99. The predicted octanol–water partition coefficient (Wildman–Crippen LogP) is 4.64. The molecule has 0 unspecified atom stereocenters. The average molecular weight is 342 g/mol. The van der Waals surface area contributed by atoms with E-state index in [4.69, 9.17) is 4.98 Å². The van der Waals surface area contributed by atoms with Gasteiger partial charge in [-0.3, -0.25) is 4.79 Å². The van der Waals surface area contributed by atoms with E-state index in [0.717, 1.165) is 46.8 Å². The zero-order chi connectivity index (χ0) is 15.8. The minimum atomic E-state index is 0.0193. The number of nitrogens with zero attached hydrogens (tertiary/aromatic N) is 1. The number of thiophene rings is 1. The number of nitrogens with one attached hydrogen (secondary N) is 1. The van der Waals surface area contributed by atoms with E-state index in [9.17, 15) is 4.79 Å². The molecule has 0 fully saturated rings. The van der Waals surface area contributed by atoms with Crippen LogP contribution in [0.25, 0.3) is 20.7 Å². The van der Waals surface area contributed by atoms with Crippen LogP contribution >= 0.6 is 23.1 Å². The number of benzene rings is 1. The van der Waals surface area contributed by atoms with Gasteiger partial charge in [-0.05, 0) is 36.0 Å². The van der Waals surface area contributed by atoms with Gasteiger partial charge in [0.05, 0.1) is 5.39 Å². The number of fused-ring (bicyclic) bond motifs is 5. The average Bonchev–Trinajstić information content (AvgIpc) is 2.94. The molecule has 0 saturated heterocycles. The molecular weight excluding hydrogens is 324 g/mol. The summed E-state index contributed by atoms with van der Waals surface area (Å²) in [5.41, 5.74) is 3.85. The van der Waals surface area contributed by atoms with Crippen molar-refractivity contribution in [1.82, 2.24) is 9.97 Å². The first-order valence-corrected chi connectivity index (χ1v) is 9.85. The Morgan fingerprint density at radius 1 is 1.30 bits per heavy atom. The van der Waals surface area contributed by atoms with Gasteiger partial charge in [-0.1, -0.05) is 49.4 Å². The van der Waals surface area contributed by atoms with Crippen molar-refractivity contribution in [2.24, 2.45) is 0 Å². The van der Waals surface area contributed by atoms with Crippen molar-refractivity contribution in [2.45, 2.75) is 37.8 Å². The normalized spacial score (nSPS) is 13.1. The SMILES string of the molecule is CCCCSc1nc2sc3c(c2c(=O)[nH]1)CCc1ccccc1-3. The van der Waals surface area contributed by atoms with Crippen molar-refractivity contribution in [2.75, 3.05) is 5.75 Å². The number of aromatic nitrogens is 2. The number of hydrogen-bond acceptors (Lipinski definition) is 4. The highest BCUT2D eigenvalue weighted by Crippen LogP contribution is 2.42. The van der Waals surface area contributed by atoms with Crippen LogP contribution in [0.2, 0.25) is 0 Å². The van der Waals surface area contributed by atoms with E-state index in [-0.39, 0.29) is 5.56 Å². The van der Waals surface area contributed by atoms with Gasteiger partial charge in [-0.25, -0.2) is 4.98 Å². The Bertz CT molecular complexity index is 926. The fourth-order valence-corrected chi connectivity index (χ4v) is 5.39. The number of hydrogen-bond donors (Lipinski definition) is 1. The van der Waals surface area contributed by atoms with E-state index in [1.54, 1.807) is 23.1 Å². The lowest BCUT2D eigenvalue weighted by Crippen LogP contribution is -2.11. The molecular formula is C18H18N2OS2. The molecule has 0 amide bonds. The van der Waals surface area contributed by atoms with E-state index in [1.165, 1.54) is 21.6 Å². The molecule has 0 saturated carbocycles. The van der Waals surface area contributed by atoms with Crippen LogP contribution in [0.4, 0.5) is 0 Å². The van der Waals surface area contributed by atoms with Crippen LogP contribution < -0.4 is 5.56 Å². The molecule has 0 bridgehead atoms. The van der Waals surface area contributed by atoms with Crippen LogP contribution in [-0.2, 0) is 12.8 Å². The van der Waals surface area contributed by atoms with Gasteiger partial charge in [-0.15, -0.1) is 11.3 Å². The first kappa shape index (κ1) is 15.0. The Morgan fingerprint density at radius 3 is 3.04 bits per heavy atom. The third-order valence-electron chi connectivity index (χ3n) is 4.28. The lowest BCUT2D eigenvalue weighted by Gasteiger charge is -2.15. The summed E-state index contributed by atoms with van der Waals surface area (Å²) in [6, 6.07) is 8.51. The van der Waals surface area contributed by atoms with Crippen molar-refractivity contribution in [1.29, 1.82) is 0 Å². The molecule has 0 atom stereocenters. The second-order valence-corrected chi connectivity index (χ2v) is 7.90. The molecule has 1 aliphatic carbocycles. The van der Waals surface area contributed by atoms with Crippen molar-refractivity contribution in [3.05, 3.63) is 45.7 Å². The van der Waals surface area contributed by atoms with Crippen LogP contribution in [0.3, 0.4) is 0 Å². The number of aromatic amines is 1. The Hall–Kier alpha value is -1.59. The zero-order valence-electron chi connectivity index (χ0n) is 13.0. The van der Waals surface area contributed by atoms with Crippen LogP contribution in [0, 0.1) is 0 Å². The summed E-state index contributed by atoms with van der Waals surface area (Å²) in [6.45, 7) is 2.17. The molecule has 1 N–H and O–H groups in total. The Labute approximate surface area is 143 Å². The van der Waals surface area contributed by atoms with E-state index in [2.05, 4.69) is 36.2 Å². The standard InChI is InChI=1S/C18H18N2OS2/c1-2-3-10-22-18-19-16(21)14-13-9-8-11-6-4-5-7-12(11)15(13)23-17(14)20-18/h4-7H,2-3,8-10H2,1H3,(H,19,20,21). The Balaban J connectivity index is 1.83. The van der Waals surface area contributed by atoms with Crippen molar-refractivity contribution in [3.8, 4) is 10.4 Å². The zero-order valence-corrected chi connectivity index (χ0v) is 14.6. The molecule has 1 aliphatic rings. The monoisotopic (exact) mass is 342 g/mol. The highest BCUT2D eigenvalue weighted by atomic mass is 32.2. The molecule has 0 aliphatic heterocycles. The minimum absolute atomic E-state index is 0.0193. The van der Waals surface area contributed by atoms with Gasteiger partial charge in [0.25, 0.3) is 5.56 Å². The summed E-state index contributed by atoms with van der Waals surface area (Å²) in [5.74, 6) is 0.999. The number of aryl methyl sites for hydroxylation is 2. The molecule has 118 valence electrons. The molecule has 0 spiro atoms. The van der Waals surface area contributed by atoms with E-state index < -0.39 is 0 Å². The number of thioether (sulfide) groups is 1. The predicted molar refractivity (Wildman–Crippen MR) is 98.7 cm³/mol. The number of rotatable bonds is 4. The van der Waals surface area contributed by atoms with Crippen molar-refractivity contribution < 1.29 is 0 Å². The first-order valence-electron chi connectivity index (χ1n) is 8.04. The molecule has 5 heteroatoms. The van der Waals surface area contributed by atoms with Gasteiger partial charge in [0.15, 0.2) is 5.16 Å². The summed E-state index contributed by atoms with van der Waals surface area (Å²) >= 11 is 3.31.